The molecule has 1 aliphatic heterocycles. The summed E-state index contributed by atoms with van der Waals surface area (Å²) in [4.78, 5) is 4.41. The number of fused-ring (bicyclic) bond motifs is 2. The third kappa shape index (κ3) is 3.21. The zero-order valence-corrected chi connectivity index (χ0v) is 15.6. The lowest BCUT2D eigenvalue weighted by Crippen LogP contribution is -2.01. The SMILES string of the molecule is CCOc1cc2ncc(C#N)c(Nc3ccc4c(c3)OCO4)c2cc1OCC. The van der Waals surface area contributed by atoms with E-state index in [-0.39, 0.29) is 6.79 Å². The number of benzene rings is 2. The largest absolute Gasteiger partial charge is 0.490 e. The van der Waals surface area contributed by atoms with Crippen molar-refractivity contribution in [3.8, 4) is 29.1 Å². The van der Waals surface area contributed by atoms with Crippen LogP contribution < -0.4 is 24.3 Å². The average molecular weight is 377 g/mol. The van der Waals surface area contributed by atoms with Crippen LogP contribution in [0, 0.1) is 11.3 Å². The van der Waals surface area contributed by atoms with Gasteiger partial charge in [0.15, 0.2) is 23.0 Å². The fraction of sp³-hybridized carbons (Fsp3) is 0.238. The zero-order chi connectivity index (χ0) is 19.5. The summed E-state index contributed by atoms with van der Waals surface area (Å²) in [5.41, 5.74) is 2.56. The summed E-state index contributed by atoms with van der Waals surface area (Å²) in [7, 11) is 0. The van der Waals surface area contributed by atoms with Gasteiger partial charge >= 0.3 is 0 Å². The van der Waals surface area contributed by atoms with Crippen LogP contribution in [0.15, 0.2) is 36.5 Å². The molecule has 0 saturated heterocycles. The van der Waals surface area contributed by atoms with Gasteiger partial charge < -0.3 is 24.3 Å². The van der Waals surface area contributed by atoms with Gasteiger partial charge in [-0.2, -0.15) is 5.26 Å². The number of nitriles is 1. The fourth-order valence-electron chi connectivity index (χ4n) is 3.07. The van der Waals surface area contributed by atoms with Gasteiger partial charge in [0.1, 0.15) is 6.07 Å². The Morgan fingerprint density at radius 2 is 1.82 bits per heavy atom. The number of pyridine rings is 1. The molecule has 0 fully saturated rings. The van der Waals surface area contributed by atoms with Crippen LogP contribution in [-0.2, 0) is 0 Å². The molecule has 0 bridgehead atoms. The molecular weight excluding hydrogens is 358 g/mol. The monoisotopic (exact) mass is 377 g/mol. The van der Waals surface area contributed by atoms with Gasteiger partial charge in [-0.05, 0) is 32.0 Å². The molecule has 0 radical (unpaired) electrons. The van der Waals surface area contributed by atoms with Crippen LogP contribution >= 0.6 is 0 Å². The molecule has 0 spiro atoms. The summed E-state index contributed by atoms with van der Waals surface area (Å²) in [6.07, 6.45) is 1.55. The Kier molecular flexibility index (Phi) is 4.77. The second-order valence-electron chi connectivity index (χ2n) is 6.03. The summed E-state index contributed by atoms with van der Waals surface area (Å²) < 4.78 is 22.2. The summed E-state index contributed by atoms with van der Waals surface area (Å²) in [6.45, 7) is 5.05. The third-order valence-electron chi connectivity index (χ3n) is 4.30. The minimum atomic E-state index is 0.207. The van der Waals surface area contributed by atoms with E-state index in [1.165, 1.54) is 0 Å². The Morgan fingerprint density at radius 3 is 2.57 bits per heavy atom. The lowest BCUT2D eigenvalue weighted by Gasteiger charge is -2.15. The van der Waals surface area contributed by atoms with Crippen molar-refractivity contribution in [2.75, 3.05) is 25.3 Å². The van der Waals surface area contributed by atoms with Crippen LogP contribution in [0.25, 0.3) is 10.9 Å². The Morgan fingerprint density at radius 1 is 1.07 bits per heavy atom. The minimum absolute atomic E-state index is 0.207. The Labute approximate surface area is 162 Å². The van der Waals surface area contributed by atoms with E-state index >= 15 is 0 Å². The van der Waals surface area contributed by atoms with Gasteiger partial charge in [-0.15, -0.1) is 0 Å². The quantitative estimate of drug-likeness (QED) is 0.682. The molecule has 3 aromatic rings. The van der Waals surface area contributed by atoms with E-state index in [9.17, 15) is 5.26 Å². The number of rotatable bonds is 6. The summed E-state index contributed by atoms with van der Waals surface area (Å²) in [5.74, 6) is 2.60. The predicted molar refractivity (Wildman–Crippen MR) is 105 cm³/mol. The fourth-order valence-corrected chi connectivity index (χ4v) is 3.07. The Balaban J connectivity index is 1.83. The van der Waals surface area contributed by atoms with E-state index in [1.54, 1.807) is 6.20 Å². The maximum absolute atomic E-state index is 9.59. The molecule has 0 amide bonds. The van der Waals surface area contributed by atoms with E-state index in [4.69, 9.17) is 18.9 Å². The number of ether oxygens (including phenoxy) is 4. The molecular formula is C21H19N3O4. The maximum atomic E-state index is 9.59. The Hall–Kier alpha value is -3.66. The smallest absolute Gasteiger partial charge is 0.231 e. The van der Waals surface area contributed by atoms with E-state index in [1.807, 2.05) is 44.2 Å². The van der Waals surface area contributed by atoms with Gasteiger partial charge in [0.05, 0.1) is 30.0 Å². The number of nitrogens with zero attached hydrogens (tertiary/aromatic N) is 2. The average Bonchev–Trinajstić information content (AvgIpc) is 3.17. The molecule has 28 heavy (non-hydrogen) atoms. The molecule has 0 unspecified atom stereocenters. The first-order valence-electron chi connectivity index (χ1n) is 9.02. The second kappa shape index (κ2) is 7.53. The topological polar surface area (TPSA) is 85.6 Å². The molecule has 1 aliphatic rings. The molecule has 1 aromatic heterocycles. The van der Waals surface area contributed by atoms with Crippen molar-refractivity contribution in [3.05, 3.63) is 42.1 Å². The third-order valence-corrected chi connectivity index (χ3v) is 4.30. The highest BCUT2D eigenvalue weighted by atomic mass is 16.7. The molecule has 2 aromatic carbocycles. The number of aromatic nitrogens is 1. The first kappa shape index (κ1) is 17.7. The van der Waals surface area contributed by atoms with Crippen molar-refractivity contribution in [2.45, 2.75) is 13.8 Å². The highest BCUT2D eigenvalue weighted by Crippen LogP contribution is 2.39. The number of hydrogen-bond donors (Lipinski definition) is 1. The van der Waals surface area contributed by atoms with Crippen LogP contribution in [0.3, 0.4) is 0 Å². The van der Waals surface area contributed by atoms with Crippen molar-refractivity contribution in [3.63, 3.8) is 0 Å². The highest BCUT2D eigenvalue weighted by Gasteiger charge is 2.17. The van der Waals surface area contributed by atoms with Crippen LogP contribution in [0.2, 0.25) is 0 Å². The van der Waals surface area contributed by atoms with Gasteiger partial charge in [-0.3, -0.25) is 4.98 Å². The molecule has 4 rings (SSSR count). The van der Waals surface area contributed by atoms with E-state index in [0.29, 0.717) is 53.0 Å². The lowest BCUT2D eigenvalue weighted by molar-refractivity contribution is 0.174. The van der Waals surface area contributed by atoms with Crippen molar-refractivity contribution in [2.24, 2.45) is 0 Å². The molecule has 142 valence electrons. The van der Waals surface area contributed by atoms with Gasteiger partial charge in [-0.1, -0.05) is 0 Å². The van der Waals surface area contributed by atoms with E-state index in [2.05, 4.69) is 16.4 Å². The van der Waals surface area contributed by atoms with Crippen LogP contribution in [0.4, 0.5) is 11.4 Å². The maximum Gasteiger partial charge on any atom is 0.231 e. The van der Waals surface area contributed by atoms with Gasteiger partial charge in [0, 0.05) is 29.4 Å². The number of hydrogen-bond acceptors (Lipinski definition) is 7. The highest BCUT2D eigenvalue weighted by molar-refractivity contribution is 5.97. The van der Waals surface area contributed by atoms with Crippen LogP contribution in [0.1, 0.15) is 19.4 Å². The van der Waals surface area contributed by atoms with E-state index < -0.39 is 0 Å². The molecule has 1 N–H and O–H groups in total. The van der Waals surface area contributed by atoms with Gasteiger partial charge in [0.2, 0.25) is 6.79 Å². The summed E-state index contributed by atoms with van der Waals surface area (Å²) in [5, 5.41) is 13.7. The molecule has 7 nitrogen and oxygen atoms in total. The summed E-state index contributed by atoms with van der Waals surface area (Å²) in [6, 6.07) is 11.4. The first-order valence-corrected chi connectivity index (χ1v) is 9.02. The minimum Gasteiger partial charge on any atom is -0.490 e. The molecule has 0 saturated carbocycles. The van der Waals surface area contributed by atoms with Crippen molar-refractivity contribution >= 4 is 22.3 Å². The lowest BCUT2D eigenvalue weighted by atomic mass is 10.1. The predicted octanol–water partition coefficient (Wildman–Crippen LogP) is 4.38. The van der Waals surface area contributed by atoms with Crippen molar-refractivity contribution < 1.29 is 18.9 Å². The zero-order valence-electron chi connectivity index (χ0n) is 15.6. The van der Waals surface area contributed by atoms with Gasteiger partial charge in [-0.25, -0.2) is 0 Å². The van der Waals surface area contributed by atoms with Crippen molar-refractivity contribution in [1.29, 1.82) is 5.26 Å². The normalized spacial score (nSPS) is 11.9. The molecule has 0 aliphatic carbocycles. The Bertz CT molecular complexity index is 1080. The van der Waals surface area contributed by atoms with Gasteiger partial charge in [0.25, 0.3) is 0 Å². The number of anilines is 2. The molecule has 0 atom stereocenters. The van der Waals surface area contributed by atoms with E-state index in [0.717, 1.165) is 11.1 Å². The number of nitrogens with one attached hydrogen (secondary N) is 1. The van der Waals surface area contributed by atoms with Crippen LogP contribution in [0.5, 0.6) is 23.0 Å². The standard InChI is InChI=1S/C21H19N3O4/c1-3-25-19-8-15-16(9-20(19)26-4-2)23-11-13(10-22)21(15)24-14-5-6-17-18(7-14)28-12-27-17/h5-9,11H,3-4,12H2,1-2H3,(H,23,24). The molecule has 2 heterocycles. The molecule has 7 heteroatoms. The first-order chi connectivity index (χ1) is 13.7. The van der Waals surface area contributed by atoms with Crippen LogP contribution in [-0.4, -0.2) is 25.0 Å². The van der Waals surface area contributed by atoms with Crippen molar-refractivity contribution in [1.82, 2.24) is 4.98 Å². The summed E-state index contributed by atoms with van der Waals surface area (Å²) >= 11 is 0. The second-order valence-corrected chi connectivity index (χ2v) is 6.03.